The highest BCUT2D eigenvalue weighted by Crippen LogP contribution is 2.34. The van der Waals surface area contributed by atoms with E-state index in [1.54, 1.807) is 30.3 Å². The number of halogens is 3. The van der Waals surface area contributed by atoms with E-state index in [9.17, 15) is 19.3 Å². The lowest BCUT2D eigenvalue weighted by Crippen LogP contribution is -2.29. The van der Waals surface area contributed by atoms with Gasteiger partial charge in [0.25, 0.3) is 5.56 Å². The quantitative estimate of drug-likeness (QED) is 0.133. The van der Waals surface area contributed by atoms with Crippen LogP contribution in [0.1, 0.15) is 37.7 Å². The SMILES string of the molecule is CC(C)(C)c1nc2ccc(Br)cc2c(=O)n1N=Cc1cc(Br)cc([N+](=O)[O-])c1OCc1cccc(F)c1. The van der Waals surface area contributed by atoms with Crippen molar-refractivity contribution in [2.45, 2.75) is 32.8 Å². The van der Waals surface area contributed by atoms with Gasteiger partial charge in [-0.25, -0.2) is 9.37 Å². The van der Waals surface area contributed by atoms with Crippen molar-refractivity contribution in [3.63, 3.8) is 0 Å². The van der Waals surface area contributed by atoms with E-state index in [1.165, 1.54) is 35.2 Å². The maximum absolute atomic E-state index is 13.6. The van der Waals surface area contributed by atoms with Crippen LogP contribution in [0.25, 0.3) is 10.9 Å². The van der Waals surface area contributed by atoms with Gasteiger partial charge in [-0.3, -0.25) is 14.9 Å². The number of rotatable bonds is 6. The second-order valence-electron chi connectivity index (χ2n) is 9.23. The Hall–Kier alpha value is -3.44. The van der Waals surface area contributed by atoms with Crippen molar-refractivity contribution in [2.24, 2.45) is 5.10 Å². The molecular weight excluding hydrogens is 611 g/mol. The molecule has 0 spiro atoms. The second-order valence-corrected chi connectivity index (χ2v) is 11.1. The summed E-state index contributed by atoms with van der Waals surface area (Å²) in [5.74, 6) is -0.101. The Morgan fingerprint density at radius 1 is 1.14 bits per heavy atom. The first-order valence-electron chi connectivity index (χ1n) is 11.1. The smallest absolute Gasteiger partial charge is 0.312 e. The largest absolute Gasteiger partial charge is 0.481 e. The zero-order valence-electron chi connectivity index (χ0n) is 20.0. The molecule has 1 aromatic heterocycles. The van der Waals surface area contributed by atoms with E-state index in [2.05, 4.69) is 41.9 Å². The Balaban J connectivity index is 1.86. The lowest BCUT2D eigenvalue weighted by molar-refractivity contribution is -0.386. The van der Waals surface area contributed by atoms with Crippen LogP contribution in [0.2, 0.25) is 0 Å². The summed E-state index contributed by atoms with van der Waals surface area (Å²) in [6.07, 6.45) is 1.32. The number of hydrogen-bond donors (Lipinski definition) is 0. The molecule has 0 N–H and O–H groups in total. The van der Waals surface area contributed by atoms with Crippen LogP contribution < -0.4 is 10.3 Å². The number of nitrogens with zero attached hydrogens (tertiary/aromatic N) is 4. The van der Waals surface area contributed by atoms with Gasteiger partial charge in [-0.1, -0.05) is 64.8 Å². The third kappa shape index (κ3) is 5.94. The van der Waals surface area contributed by atoms with Crippen molar-refractivity contribution in [1.29, 1.82) is 0 Å². The van der Waals surface area contributed by atoms with Crippen LogP contribution in [-0.4, -0.2) is 20.8 Å². The molecule has 3 aromatic carbocycles. The molecule has 0 unspecified atom stereocenters. The first-order chi connectivity index (χ1) is 17.4. The summed E-state index contributed by atoms with van der Waals surface area (Å²) in [7, 11) is 0. The minimum Gasteiger partial charge on any atom is -0.481 e. The molecule has 0 amide bonds. The van der Waals surface area contributed by atoms with Gasteiger partial charge in [0.1, 0.15) is 18.2 Å². The Labute approximate surface area is 228 Å². The number of ether oxygens (including phenoxy) is 1. The number of nitro groups is 1. The summed E-state index contributed by atoms with van der Waals surface area (Å²) < 4.78 is 21.7. The predicted octanol–water partition coefficient (Wildman–Crippen LogP) is 6.73. The molecule has 0 aliphatic rings. The fraction of sp³-hybridized carbons (Fsp3) is 0.192. The second kappa shape index (κ2) is 10.5. The highest BCUT2D eigenvalue weighted by atomic mass is 79.9. The van der Waals surface area contributed by atoms with Crippen LogP contribution in [0.3, 0.4) is 0 Å². The van der Waals surface area contributed by atoms with Crippen LogP contribution in [0.4, 0.5) is 10.1 Å². The van der Waals surface area contributed by atoms with Gasteiger partial charge in [0, 0.05) is 26.0 Å². The highest BCUT2D eigenvalue weighted by molar-refractivity contribution is 9.10. The average molecular weight is 632 g/mol. The zero-order valence-corrected chi connectivity index (χ0v) is 23.2. The third-order valence-electron chi connectivity index (χ3n) is 5.32. The molecule has 0 atom stereocenters. The Kier molecular flexibility index (Phi) is 7.56. The van der Waals surface area contributed by atoms with Gasteiger partial charge in [-0.05, 0) is 42.0 Å². The molecule has 11 heteroatoms. The molecule has 37 heavy (non-hydrogen) atoms. The molecule has 8 nitrogen and oxygen atoms in total. The first kappa shape index (κ1) is 26.6. The van der Waals surface area contributed by atoms with Gasteiger partial charge in [-0.2, -0.15) is 9.78 Å². The minimum absolute atomic E-state index is 0.0666. The maximum Gasteiger partial charge on any atom is 0.312 e. The van der Waals surface area contributed by atoms with Crippen LogP contribution >= 0.6 is 31.9 Å². The lowest BCUT2D eigenvalue weighted by atomic mass is 9.95. The van der Waals surface area contributed by atoms with Gasteiger partial charge < -0.3 is 4.74 Å². The molecule has 4 rings (SSSR count). The van der Waals surface area contributed by atoms with Crippen molar-refractivity contribution in [3.05, 3.63) is 107 Å². The average Bonchev–Trinajstić information content (AvgIpc) is 2.82. The van der Waals surface area contributed by atoms with Crippen molar-refractivity contribution >= 4 is 54.7 Å². The summed E-state index contributed by atoms with van der Waals surface area (Å²) >= 11 is 6.67. The van der Waals surface area contributed by atoms with E-state index in [0.29, 0.717) is 31.2 Å². The lowest BCUT2D eigenvalue weighted by Gasteiger charge is -2.21. The molecule has 4 aromatic rings. The maximum atomic E-state index is 13.6. The van der Waals surface area contributed by atoms with E-state index >= 15 is 0 Å². The molecule has 0 radical (unpaired) electrons. The van der Waals surface area contributed by atoms with Crippen molar-refractivity contribution in [3.8, 4) is 5.75 Å². The van der Waals surface area contributed by atoms with Gasteiger partial charge >= 0.3 is 5.69 Å². The van der Waals surface area contributed by atoms with Crippen LogP contribution in [0.5, 0.6) is 5.75 Å². The predicted molar refractivity (Wildman–Crippen MR) is 147 cm³/mol. The number of hydrogen-bond acceptors (Lipinski definition) is 6. The summed E-state index contributed by atoms with van der Waals surface area (Å²) in [5.41, 5.74) is 0.0315. The van der Waals surface area contributed by atoms with E-state index < -0.39 is 16.2 Å². The molecule has 190 valence electrons. The summed E-state index contributed by atoms with van der Waals surface area (Å²) in [6, 6.07) is 13.9. The van der Waals surface area contributed by atoms with Gasteiger partial charge in [-0.15, -0.1) is 0 Å². The number of nitro benzene ring substituents is 1. The van der Waals surface area contributed by atoms with Crippen molar-refractivity contribution in [1.82, 2.24) is 9.66 Å². The first-order valence-corrected chi connectivity index (χ1v) is 12.6. The number of benzene rings is 3. The van der Waals surface area contributed by atoms with Crippen LogP contribution in [-0.2, 0) is 12.0 Å². The van der Waals surface area contributed by atoms with Crippen molar-refractivity contribution < 1.29 is 14.1 Å². The Morgan fingerprint density at radius 3 is 2.57 bits per heavy atom. The summed E-state index contributed by atoms with van der Waals surface area (Å²) in [5, 5.41) is 16.6. The Bertz CT molecular complexity index is 1610. The number of aromatic nitrogens is 2. The molecule has 0 fully saturated rings. The monoisotopic (exact) mass is 630 g/mol. The summed E-state index contributed by atoms with van der Waals surface area (Å²) in [6.45, 7) is 5.61. The fourth-order valence-corrected chi connectivity index (χ4v) is 4.46. The van der Waals surface area contributed by atoms with Gasteiger partial charge in [0.15, 0.2) is 0 Å². The molecule has 1 heterocycles. The zero-order chi connectivity index (χ0) is 26.9. The number of fused-ring (bicyclic) bond motifs is 1. The highest BCUT2D eigenvalue weighted by Gasteiger charge is 2.24. The van der Waals surface area contributed by atoms with E-state index in [4.69, 9.17) is 4.74 Å². The normalized spacial score (nSPS) is 11.8. The van der Waals surface area contributed by atoms with Gasteiger partial charge in [0.05, 0.1) is 22.0 Å². The van der Waals surface area contributed by atoms with E-state index in [1.807, 2.05) is 20.8 Å². The van der Waals surface area contributed by atoms with Crippen LogP contribution in [0, 0.1) is 15.9 Å². The standard InChI is InChI=1S/C26H21Br2FN4O4/c1-26(2,3)25-31-21-8-7-17(27)11-20(21)24(34)32(25)30-13-16-10-18(28)12-22(33(35)36)23(16)37-14-15-5-4-6-19(29)9-15/h4-13H,14H2,1-3H3. The van der Waals surface area contributed by atoms with E-state index in [-0.39, 0.29) is 29.2 Å². The molecular formula is C26H21Br2FN4O4. The van der Waals surface area contributed by atoms with Gasteiger partial charge in [0.2, 0.25) is 5.75 Å². The minimum atomic E-state index is -0.579. The molecule has 0 saturated carbocycles. The molecule has 0 saturated heterocycles. The van der Waals surface area contributed by atoms with E-state index in [0.717, 1.165) is 0 Å². The molecule has 0 bridgehead atoms. The topological polar surface area (TPSA) is 99.6 Å². The fourth-order valence-electron chi connectivity index (χ4n) is 3.63. The summed E-state index contributed by atoms with van der Waals surface area (Å²) in [4.78, 5) is 29.4. The van der Waals surface area contributed by atoms with Crippen molar-refractivity contribution in [2.75, 3.05) is 0 Å². The molecule has 0 aliphatic carbocycles. The Morgan fingerprint density at radius 2 is 1.89 bits per heavy atom. The molecule has 0 aliphatic heterocycles. The van der Waals surface area contributed by atoms with Crippen LogP contribution in [0.15, 0.2) is 73.4 Å². The third-order valence-corrected chi connectivity index (χ3v) is 6.27.